The summed E-state index contributed by atoms with van der Waals surface area (Å²) in [6, 6.07) is 7.29. The minimum Gasteiger partial charge on any atom is -0.484 e. The van der Waals surface area contributed by atoms with Gasteiger partial charge in [0.05, 0.1) is 12.1 Å². The van der Waals surface area contributed by atoms with Crippen molar-refractivity contribution >= 4 is 10.9 Å². The van der Waals surface area contributed by atoms with Gasteiger partial charge in [-0.15, -0.1) is 0 Å². The third-order valence-electron chi connectivity index (χ3n) is 7.03. The fourth-order valence-corrected chi connectivity index (χ4v) is 5.28. The van der Waals surface area contributed by atoms with E-state index in [1.165, 1.54) is 10.6 Å². The SMILES string of the molecule is O=c1c(CN2CCC(NCc3cnc4c(c3)OCCO4)CC2)cc2ccc(F)c3c2n1CC3O. The first-order valence-corrected chi connectivity index (χ1v) is 11.8. The minimum absolute atomic E-state index is 0.111. The highest BCUT2D eigenvalue weighted by Gasteiger charge is 2.29. The predicted molar refractivity (Wildman–Crippen MR) is 123 cm³/mol. The maximum atomic E-state index is 14.2. The molecule has 178 valence electrons. The van der Waals surface area contributed by atoms with E-state index >= 15 is 0 Å². The molecule has 0 spiro atoms. The number of aliphatic hydroxyl groups is 1. The Morgan fingerprint density at radius 1 is 1.18 bits per heavy atom. The molecule has 8 nitrogen and oxygen atoms in total. The Hall–Kier alpha value is -3.01. The highest BCUT2D eigenvalue weighted by atomic mass is 19.1. The highest BCUT2D eigenvalue weighted by molar-refractivity contribution is 5.84. The number of nitrogens with one attached hydrogen (secondary N) is 1. The summed E-state index contributed by atoms with van der Waals surface area (Å²) < 4.78 is 26.8. The largest absolute Gasteiger partial charge is 0.484 e. The summed E-state index contributed by atoms with van der Waals surface area (Å²) in [5.41, 5.74) is 2.38. The van der Waals surface area contributed by atoms with Crippen LogP contribution in [0.3, 0.4) is 0 Å². The number of pyridine rings is 2. The number of nitrogens with zero attached hydrogens (tertiary/aromatic N) is 3. The van der Waals surface area contributed by atoms with Crippen molar-refractivity contribution < 1.29 is 19.0 Å². The maximum Gasteiger partial charge on any atom is 0.257 e. The standard InChI is InChI=1S/C25H27FN4O4/c26-19-2-1-16-10-17(25(32)30-14-20(31)22(19)23(16)30)13-29-5-3-18(4-6-29)27-11-15-9-21-24(28-12-15)34-8-7-33-21/h1-2,9-10,12,18,20,27,31H,3-8,11,13-14H2. The molecule has 0 bridgehead atoms. The second kappa shape index (κ2) is 8.65. The molecule has 1 saturated heterocycles. The van der Waals surface area contributed by atoms with Crippen molar-refractivity contribution in [3.8, 4) is 11.6 Å². The summed E-state index contributed by atoms with van der Waals surface area (Å²) in [5, 5.41) is 14.7. The molecule has 0 amide bonds. The molecule has 3 aromatic rings. The Balaban J connectivity index is 1.08. The van der Waals surface area contributed by atoms with Gasteiger partial charge in [-0.1, -0.05) is 0 Å². The molecule has 6 rings (SSSR count). The van der Waals surface area contributed by atoms with Gasteiger partial charge < -0.3 is 24.5 Å². The number of aromatic nitrogens is 2. The van der Waals surface area contributed by atoms with E-state index in [2.05, 4.69) is 15.2 Å². The van der Waals surface area contributed by atoms with Crippen molar-refractivity contribution in [1.29, 1.82) is 0 Å². The summed E-state index contributed by atoms with van der Waals surface area (Å²) in [4.78, 5) is 19.7. The van der Waals surface area contributed by atoms with Crippen LogP contribution >= 0.6 is 0 Å². The molecule has 1 aromatic carbocycles. The minimum atomic E-state index is -0.974. The number of aliphatic hydroxyl groups excluding tert-OH is 1. The highest BCUT2D eigenvalue weighted by Crippen LogP contribution is 2.33. The number of halogens is 1. The average Bonchev–Trinajstić information content (AvgIpc) is 3.22. The van der Waals surface area contributed by atoms with E-state index in [1.807, 2.05) is 18.3 Å². The number of hydrogen-bond donors (Lipinski definition) is 2. The quantitative estimate of drug-likeness (QED) is 0.595. The van der Waals surface area contributed by atoms with Crippen molar-refractivity contribution in [3.63, 3.8) is 0 Å². The van der Waals surface area contributed by atoms with Crippen LogP contribution in [-0.4, -0.2) is 51.9 Å². The second-order valence-electron chi connectivity index (χ2n) is 9.28. The maximum absolute atomic E-state index is 14.2. The van der Waals surface area contributed by atoms with Gasteiger partial charge in [-0.25, -0.2) is 9.37 Å². The molecule has 3 aliphatic heterocycles. The second-order valence-corrected chi connectivity index (χ2v) is 9.28. The Morgan fingerprint density at radius 2 is 2.00 bits per heavy atom. The van der Waals surface area contributed by atoms with Crippen molar-refractivity contribution in [2.75, 3.05) is 26.3 Å². The lowest BCUT2D eigenvalue weighted by atomic mass is 10.0. The molecule has 0 radical (unpaired) electrons. The summed E-state index contributed by atoms with van der Waals surface area (Å²) in [6.45, 7) is 4.22. The van der Waals surface area contributed by atoms with E-state index in [1.54, 1.807) is 6.07 Å². The number of benzene rings is 1. The van der Waals surface area contributed by atoms with E-state index < -0.39 is 11.9 Å². The van der Waals surface area contributed by atoms with Crippen LogP contribution in [0.15, 0.2) is 35.3 Å². The zero-order valence-electron chi connectivity index (χ0n) is 18.8. The van der Waals surface area contributed by atoms with Gasteiger partial charge in [0.15, 0.2) is 5.75 Å². The lowest BCUT2D eigenvalue weighted by Gasteiger charge is -2.32. The van der Waals surface area contributed by atoms with E-state index in [0.29, 0.717) is 55.1 Å². The average molecular weight is 467 g/mol. The van der Waals surface area contributed by atoms with E-state index in [-0.39, 0.29) is 17.7 Å². The van der Waals surface area contributed by atoms with Crippen molar-refractivity contribution in [2.45, 2.75) is 44.6 Å². The Kier molecular flexibility index (Phi) is 5.47. The van der Waals surface area contributed by atoms with Crippen molar-refractivity contribution in [3.05, 3.63) is 63.3 Å². The zero-order chi connectivity index (χ0) is 23.2. The number of rotatable bonds is 5. The van der Waals surface area contributed by atoms with Gasteiger partial charge in [0.2, 0.25) is 0 Å². The van der Waals surface area contributed by atoms with Gasteiger partial charge in [-0.2, -0.15) is 0 Å². The number of fused-ring (bicyclic) bond motifs is 1. The first kappa shape index (κ1) is 21.5. The molecule has 0 aliphatic carbocycles. The van der Waals surface area contributed by atoms with Crippen LogP contribution in [-0.2, 0) is 19.6 Å². The molecule has 0 saturated carbocycles. The summed E-state index contributed by atoms with van der Waals surface area (Å²) in [5.74, 6) is 0.801. The van der Waals surface area contributed by atoms with Crippen LogP contribution in [0.4, 0.5) is 4.39 Å². The van der Waals surface area contributed by atoms with Gasteiger partial charge in [0, 0.05) is 36.5 Å². The van der Waals surface area contributed by atoms with Gasteiger partial charge in [0.1, 0.15) is 25.1 Å². The van der Waals surface area contributed by atoms with E-state index in [0.717, 1.165) is 36.9 Å². The molecule has 34 heavy (non-hydrogen) atoms. The van der Waals surface area contributed by atoms with Crippen LogP contribution in [0.2, 0.25) is 0 Å². The topological polar surface area (TPSA) is 88.9 Å². The fraction of sp³-hybridized carbons (Fsp3) is 0.440. The third kappa shape index (κ3) is 3.83. The molecular weight excluding hydrogens is 439 g/mol. The molecule has 1 atom stereocenters. The molecule has 5 heterocycles. The van der Waals surface area contributed by atoms with Crippen LogP contribution in [0.1, 0.15) is 35.6 Å². The Labute approximate surface area is 195 Å². The normalized spacial score (nSPS) is 20.2. The van der Waals surface area contributed by atoms with Crippen molar-refractivity contribution in [1.82, 2.24) is 19.8 Å². The molecular formula is C25H27FN4O4. The van der Waals surface area contributed by atoms with Crippen LogP contribution in [0.5, 0.6) is 11.6 Å². The van der Waals surface area contributed by atoms with Gasteiger partial charge >= 0.3 is 0 Å². The fourth-order valence-electron chi connectivity index (χ4n) is 5.28. The van der Waals surface area contributed by atoms with E-state index in [4.69, 9.17) is 9.47 Å². The van der Waals surface area contributed by atoms with Crippen LogP contribution in [0.25, 0.3) is 10.9 Å². The first-order valence-electron chi connectivity index (χ1n) is 11.8. The van der Waals surface area contributed by atoms with Gasteiger partial charge in [0.25, 0.3) is 11.4 Å². The smallest absolute Gasteiger partial charge is 0.257 e. The molecule has 1 fully saturated rings. The van der Waals surface area contributed by atoms with Crippen LogP contribution in [0, 0.1) is 5.82 Å². The third-order valence-corrected chi connectivity index (χ3v) is 7.03. The van der Waals surface area contributed by atoms with Crippen molar-refractivity contribution in [2.24, 2.45) is 0 Å². The number of hydrogen-bond acceptors (Lipinski definition) is 7. The summed E-state index contributed by atoms with van der Waals surface area (Å²) in [7, 11) is 0. The Bertz CT molecular complexity index is 1300. The molecule has 2 aromatic heterocycles. The lowest BCUT2D eigenvalue weighted by molar-refractivity contribution is 0.163. The van der Waals surface area contributed by atoms with Crippen LogP contribution < -0.4 is 20.3 Å². The summed E-state index contributed by atoms with van der Waals surface area (Å²) >= 11 is 0. The number of likely N-dealkylation sites (tertiary alicyclic amines) is 1. The molecule has 2 N–H and O–H groups in total. The number of piperidine rings is 1. The zero-order valence-corrected chi connectivity index (χ0v) is 18.8. The number of ether oxygens (including phenoxy) is 2. The lowest BCUT2D eigenvalue weighted by Crippen LogP contribution is -2.42. The Morgan fingerprint density at radius 3 is 2.85 bits per heavy atom. The molecule has 9 heteroatoms. The first-order chi connectivity index (χ1) is 16.6. The summed E-state index contributed by atoms with van der Waals surface area (Å²) in [6.07, 6.45) is 2.81. The van der Waals surface area contributed by atoms with Gasteiger partial charge in [-0.3, -0.25) is 9.69 Å². The predicted octanol–water partition coefficient (Wildman–Crippen LogP) is 2.11. The van der Waals surface area contributed by atoms with Gasteiger partial charge in [-0.05, 0) is 61.1 Å². The monoisotopic (exact) mass is 466 g/mol. The van der Waals surface area contributed by atoms with E-state index in [9.17, 15) is 14.3 Å². The molecule has 1 unspecified atom stereocenters. The molecule has 3 aliphatic rings.